The summed E-state index contributed by atoms with van der Waals surface area (Å²) in [6.07, 6.45) is 3.91. The van der Waals surface area contributed by atoms with E-state index in [0.29, 0.717) is 24.2 Å². The van der Waals surface area contributed by atoms with Crippen molar-refractivity contribution in [2.75, 3.05) is 30.2 Å². The smallest absolute Gasteiger partial charge is 0.251 e. The fourth-order valence-electron chi connectivity index (χ4n) is 3.10. The van der Waals surface area contributed by atoms with E-state index in [2.05, 4.69) is 10.6 Å². The van der Waals surface area contributed by atoms with Crippen molar-refractivity contribution in [2.24, 2.45) is 0 Å². The number of fused-ring (bicyclic) bond motifs is 1. The molecule has 1 saturated heterocycles. The van der Waals surface area contributed by atoms with Gasteiger partial charge in [-0.1, -0.05) is 0 Å². The molecule has 6 nitrogen and oxygen atoms in total. The van der Waals surface area contributed by atoms with E-state index < -0.39 is 10.0 Å². The van der Waals surface area contributed by atoms with Crippen LogP contribution in [0.4, 0.5) is 5.69 Å². The van der Waals surface area contributed by atoms with Crippen molar-refractivity contribution in [1.29, 1.82) is 0 Å². The first kappa shape index (κ1) is 15.3. The minimum absolute atomic E-state index is 0.0886. The van der Waals surface area contributed by atoms with Gasteiger partial charge in [0.2, 0.25) is 10.0 Å². The largest absolute Gasteiger partial charge is 0.348 e. The molecule has 1 atom stereocenters. The minimum atomic E-state index is -3.25. The average molecular weight is 323 g/mol. The molecule has 0 aliphatic carbocycles. The first-order valence-electron chi connectivity index (χ1n) is 7.57. The molecule has 120 valence electrons. The molecular formula is C15H21N3O3S. The number of sulfonamides is 1. The van der Waals surface area contributed by atoms with Gasteiger partial charge in [0.05, 0.1) is 11.9 Å². The predicted molar refractivity (Wildman–Crippen MR) is 85.7 cm³/mol. The first-order chi connectivity index (χ1) is 10.4. The summed E-state index contributed by atoms with van der Waals surface area (Å²) in [5.41, 5.74) is 2.21. The third-order valence-corrected chi connectivity index (χ3v) is 5.41. The van der Waals surface area contributed by atoms with E-state index in [4.69, 9.17) is 0 Å². The summed E-state index contributed by atoms with van der Waals surface area (Å²) < 4.78 is 24.8. The van der Waals surface area contributed by atoms with Gasteiger partial charge >= 0.3 is 0 Å². The Morgan fingerprint density at radius 3 is 2.91 bits per heavy atom. The van der Waals surface area contributed by atoms with Crippen molar-refractivity contribution in [3.8, 4) is 0 Å². The van der Waals surface area contributed by atoms with Gasteiger partial charge in [-0.25, -0.2) is 8.42 Å². The highest BCUT2D eigenvalue weighted by atomic mass is 32.2. The number of hydrogen-bond acceptors (Lipinski definition) is 4. The molecule has 0 saturated carbocycles. The molecule has 2 heterocycles. The second-order valence-corrected chi connectivity index (χ2v) is 7.85. The topological polar surface area (TPSA) is 78.5 Å². The number of benzene rings is 1. The molecule has 0 spiro atoms. The number of anilines is 1. The monoisotopic (exact) mass is 323 g/mol. The van der Waals surface area contributed by atoms with Crippen LogP contribution >= 0.6 is 0 Å². The Labute approximate surface area is 130 Å². The Balaban J connectivity index is 1.75. The lowest BCUT2D eigenvalue weighted by Gasteiger charge is -2.24. The summed E-state index contributed by atoms with van der Waals surface area (Å²) in [6, 6.07) is 5.42. The van der Waals surface area contributed by atoms with Crippen LogP contribution < -0.4 is 14.9 Å². The zero-order chi connectivity index (χ0) is 15.7. The first-order valence-corrected chi connectivity index (χ1v) is 9.42. The number of hydrogen-bond donors (Lipinski definition) is 2. The summed E-state index contributed by atoms with van der Waals surface area (Å²) in [7, 11) is -3.25. The average Bonchev–Trinajstić information content (AvgIpc) is 2.91. The summed E-state index contributed by atoms with van der Waals surface area (Å²) >= 11 is 0. The molecule has 1 aromatic rings. The van der Waals surface area contributed by atoms with Crippen molar-refractivity contribution < 1.29 is 13.2 Å². The lowest BCUT2D eigenvalue weighted by Crippen LogP contribution is -2.45. The van der Waals surface area contributed by atoms with Crippen molar-refractivity contribution in [3.63, 3.8) is 0 Å². The summed E-state index contributed by atoms with van der Waals surface area (Å²) in [4.78, 5) is 12.3. The summed E-state index contributed by atoms with van der Waals surface area (Å²) in [6.45, 7) is 2.26. The maximum Gasteiger partial charge on any atom is 0.251 e. The Morgan fingerprint density at radius 1 is 1.41 bits per heavy atom. The van der Waals surface area contributed by atoms with Crippen molar-refractivity contribution in [3.05, 3.63) is 29.3 Å². The maximum atomic E-state index is 12.3. The van der Waals surface area contributed by atoms with Gasteiger partial charge in [0, 0.05) is 24.7 Å². The molecule has 0 radical (unpaired) electrons. The SMILES string of the molecule is CS(=O)(=O)N1CCc2cc(C(=O)N[C@H]3CCCNC3)ccc21. The van der Waals surface area contributed by atoms with Crippen molar-refractivity contribution >= 4 is 21.6 Å². The van der Waals surface area contributed by atoms with Crippen molar-refractivity contribution in [1.82, 2.24) is 10.6 Å². The molecule has 2 N–H and O–H groups in total. The Kier molecular flexibility index (Phi) is 4.10. The van der Waals surface area contributed by atoms with Crippen LogP contribution in [0, 0.1) is 0 Å². The van der Waals surface area contributed by atoms with E-state index in [9.17, 15) is 13.2 Å². The fraction of sp³-hybridized carbons (Fsp3) is 0.533. The van der Waals surface area contributed by atoms with Gasteiger partial charge in [-0.05, 0) is 49.6 Å². The van der Waals surface area contributed by atoms with Crippen LogP contribution in [0.5, 0.6) is 0 Å². The molecule has 3 rings (SSSR count). The van der Waals surface area contributed by atoms with Gasteiger partial charge in [0.1, 0.15) is 0 Å². The van der Waals surface area contributed by atoms with Crippen LogP contribution in [-0.2, 0) is 16.4 Å². The molecular weight excluding hydrogens is 302 g/mol. The highest BCUT2D eigenvalue weighted by Gasteiger charge is 2.27. The van der Waals surface area contributed by atoms with Gasteiger partial charge in [0.25, 0.3) is 5.91 Å². The molecule has 0 unspecified atom stereocenters. The Bertz CT molecular complexity index is 681. The molecule has 1 amide bonds. The van der Waals surface area contributed by atoms with Crippen molar-refractivity contribution in [2.45, 2.75) is 25.3 Å². The molecule has 0 bridgehead atoms. The van der Waals surface area contributed by atoms with Gasteiger partial charge < -0.3 is 10.6 Å². The number of rotatable bonds is 3. The highest BCUT2D eigenvalue weighted by molar-refractivity contribution is 7.92. The number of nitrogens with zero attached hydrogens (tertiary/aromatic N) is 1. The molecule has 7 heteroatoms. The van der Waals surface area contributed by atoms with E-state index in [1.807, 2.05) is 6.07 Å². The predicted octanol–water partition coefficient (Wildman–Crippen LogP) is 0.490. The second-order valence-electron chi connectivity index (χ2n) is 5.95. The zero-order valence-corrected chi connectivity index (χ0v) is 13.4. The number of piperidine rings is 1. The molecule has 2 aliphatic heterocycles. The van der Waals surface area contributed by atoms with E-state index >= 15 is 0 Å². The van der Waals surface area contributed by atoms with E-state index in [1.165, 1.54) is 10.6 Å². The highest BCUT2D eigenvalue weighted by Crippen LogP contribution is 2.30. The summed E-state index contributed by atoms with van der Waals surface area (Å²) in [5.74, 6) is -0.0886. The summed E-state index contributed by atoms with van der Waals surface area (Å²) in [5, 5.41) is 6.30. The van der Waals surface area contributed by atoms with Gasteiger partial charge in [-0.3, -0.25) is 9.10 Å². The number of carbonyl (C=O) groups is 1. The lowest BCUT2D eigenvalue weighted by molar-refractivity contribution is 0.0930. The quantitative estimate of drug-likeness (QED) is 0.849. The second kappa shape index (κ2) is 5.89. The van der Waals surface area contributed by atoms with E-state index in [0.717, 1.165) is 31.5 Å². The van der Waals surface area contributed by atoms with E-state index in [1.54, 1.807) is 12.1 Å². The number of amides is 1. The number of nitrogens with one attached hydrogen (secondary N) is 2. The third kappa shape index (κ3) is 3.10. The fourth-order valence-corrected chi connectivity index (χ4v) is 4.06. The van der Waals surface area contributed by atoms with Crippen LogP contribution in [0.25, 0.3) is 0 Å². The van der Waals surface area contributed by atoms with Gasteiger partial charge in [-0.15, -0.1) is 0 Å². The van der Waals surface area contributed by atoms with Crippen LogP contribution in [0.3, 0.4) is 0 Å². The Morgan fingerprint density at radius 2 is 2.23 bits per heavy atom. The Hall–Kier alpha value is -1.60. The van der Waals surface area contributed by atoms with Gasteiger partial charge in [0.15, 0.2) is 0 Å². The van der Waals surface area contributed by atoms with Gasteiger partial charge in [-0.2, -0.15) is 0 Å². The van der Waals surface area contributed by atoms with Crippen LogP contribution in [0.15, 0.2) is 18.2 Å². The third-order valence-electron chi connectivity index (χ3n) is 4.23. The molecule has 0 aromatic heterocycles. The molecule has 1 fully saturated rings. The van der Waals surface area contributed by atoms with Crippen LogP contribution in [-0.4, -0.2) is 46.3 Å². The molecule has 22 heavy (non-hydrogen) atoms. The standard InChI is InChI=1S/C15H21N3O3S/c1-22(20,21)18-8-6-11-9-12(4-5-14(11)18)15(19)17-13-3-2-7-16-10-13/h4-5,9,13,16H,2-3,6-8,10H2,1H3,(H,17,19)/t13-/m0/s1. The normalized spacial score (nSPS) is 21.5. The lowest BCUT2D eigenvalue weighted by atomic mass is 10.1. The van der Waals surface area contributed by atoms with Crippen LogP contribution in [0.1, 0.15) is 28.8 Å². The van der Waals surface area contributed by atoms with E-state index in [-0.39, 0.29) is 11.9 Å². The molecule has 2 aliphatic rings. The maximum absolute atomic E-state index is 12.3. The molecule has 1 aromatic carbocycles. The zero-order valence-electron chi connectivity index (χ0n) is 12.6. The minimum Gasteiger partial charge on any atom is -0.348 e. The number of carbonyl (C=O) groups excluding carboxylic acids is 1. The van der Waals surface area contributed by atoms with Crippen LogP contribution in [0.2, 0.25) is 0 Å².